The highest BCUT2D eigenvalue weighted by atomic mass is 15.1. The number of hydrogen-bond donors (Lipinski definition) is 2. The Balaban J connectivity index is 3.16. The molecule has 0 fully saturated rings. The number of nitrogens with one attached hydrogen (secondary N) is 2. The van der Waals surface area contributed by atoms with Gasteiger partial charge in [-0.2, -0.15) is 0 Å². The summed E-state index contributed by atoms with van der Waals surface area (Å²) in [4.78, 5) is 0. The average Bonchev–Trinajstić information content (AvgIpc) is 1.87. The minimum Gasteiger partial charge on any atom is -0.302 e. The predicted molar refractivity (Wildman–Crippen MR) is 50.6 cm³/mol. The summed E-state index contributed by atoms with van der Waals surface area (Å²) >= 11 is 0. The van der Waals surface area contributed by atoms with Gasteiger partial charge in [0.05, 0.1) is 0 Å². The van der Waals surface area contributed by atoms with Crippen molar-refractivity contribution in [1.82, 2.24) is 10.6 Å². The zero-order valence-corrected chi connectivity index (χ0v) is 7.85. The Morgan fingerprint density at radius 1 is 1.27 bits per heavy atom. The summed E-state index contributed by atoms with van der Waals surface area (Å²) in [5.41, 5.74) is 0. The standard InChI is InChI=1S/C9H20N2/c1-5-6-9(4)11-7-10-8(2)3/h5,8-11H,1,6-7H2,2-4H3. The van der Waals surface area contributed by atoms with Crippen LogP contribution in [0.25, 0.3) is 0 Å². The lowest BCUT2D eigenvalue weighted by atomic mass is 10.2. The molecular formula is C9H20N2. The topological polar surface area (TPSA) is 24.1 Å². The fourth-order valence-electron chi connectivity index (χ4n) is 0.771. The lowest BCUT2D eigenvalue weighted by Gasteiger charge is -2.13. The highest BCUT2D eigenvalue weighted by Crippen LogP contribution is 1.88. The molecule has 1 atom stereocenters. The summed E-state index contributed by atoms with van der Waals surface area (Å²) in [6, 6.07) is 1.08. The van der Waals surface area contributed by atoms with Gasteiger partial charge in [0.25, 0.3) is 0 Å². The number of hydrogen-bond acceptors (Lipinski definition) is 2. The maximum Gasteiger partial charge on any atom is 0.0458 e. The molecule has 0 aliphatic rings. The lowest BCUT2D eigenvalue weighted by Crippen LogP contribution is -2.38. The molecule has 0 saturated carbocycles. The van der Waals surface area contributed by atoms with E-state index in [0.717, 1.165) is 13.1 Å². The van der Waals surface area contributed by atoms with E-state index in [1.54, 1.807) is 0 Å². The van der Waals surface area contributed by atoms with Gasteiger partial charge in [-0.3, -0.25) is 0 Å². The summed E-state index contributed by atoms with van der Waals surface area (Å²) in [5.74, 6) is 0. The third-order valence-corrected chi connectivity index (χ3v) is 1.48. The zero-order chi connectivity index (χ0) is 8.69. The Kier molecular flexibility index (Phi) is 6.18. The van der Waals surface area contributed by atoms with E-state index in [9.17, 15) is 0 Å². The normalized spacial score (nSPS) is 13.5. The van der Waals surface area contributed by atoms with Gasteiger partial charge in [-0.05, 0) is 27.2 Å². The molecule has 2 nitrogen and oxygen atoms in total. The van der Waals surface area contributed by atoms with Crippen LogP contribution in [0.2, 0.25) is 0 Å². The van der Waals surface area contributed by atoms with Crippen molar-refractivity contribution >= 4 is 0 Å². The summed E-state index contributed by atoms with van der Waals surface area (Å²) in [6.07, 6.45) is 2.97. The van der Waals surface area contributed by atoms with Crippen LogP contribution < -0.4 is 10.6 Å². The van der Waals surface area contributed by atoms with E-state index in [1.165, 1.54) is 0 Å². The molecule has 2 N–H and O–H groups in total. The van der Waals surface area contributed by atoms with Crippen LogP contribution in [-0.2, 0) is 0 Å². The molecule has 0 aliphatic carbocycles. The third kappa shape index (κ3) is 7.56. The van der Waals surface area contributed by atoms with Crippen molar-refractivity contribution in [2.75, 3.05) is 6.67 Å². The Morgan fingerprint density at radius 3 is 2.36 bits per heavy atom. The Bertz CT molecular complexity index is 99.7. The van der Waals surface area contributed by atoms with Crippen LogP contribution in [0, 0.1) is 0 Å². The molecule has 0 rings (SSSR count). The van der Waals surface area contributed by atoms with Gasteiger partial charge in [0.1, 0.15) is 0 Å². The van der Waals surface area contributed by atoms with E-state index in [4.69, 9.17) is 0 Å². The van der Waals surface area contributed by atoms with Gasteiger partial charge < -0.3 is 10.6 Å². The van der Waals surface area contributed by atoms with Gasteiger partial charge >= 0.3 is 0 Å². The van der Waals surface area contributed by atoms with Crippen LogP contribution in [0.1, 0.15) is 27.2 Å². The Labute approximate surface area is 70.1 Å². The zero-order valence-electron chi connectivity index (χ0n) is 7.85. The van der Waals surface area contributed by atoms with Crippen LogP contribution in [0.3, 0.4) is 0 Å². The van der Waals surface area contributed by atoms with Gasteiger partial charge in [-0.25, -0.2) is 0 Å². The fourth-order valence-corrected chi connectivity index (χ4v) is 0.771. The maximum atomic E-state index is 3.68. The van der Waals surface area contributed by atoms with Crippen molar-refractivity contribution in [1.29, 1.82) is 0 Å². The van der Waals surface area contributed by atoms with Crippen LogP contribution in [0.15, 0.2) is 12.7 Å². The van der Waals surface area contributed by atoms with Crippen molar-refractivity contribution in [3.05, 3.63) is 12.7 Å². The minimum absolute atomic E-state index is 0.527. The second-order valence-corrected chi connectivity index (χ2v) is 3.17. The van der Waals surface area contributed by atoms with E-state index in [0.29, 0.717) is 12.1 Å². The van der Waals surface area contributed by atoms with Gasteiger partial charge in [-0.1, -0.05) is 6.08 Å². The smallest absolute Gasteiger partial charge is 0.0458 e. The van der Waals surface area contributed by atoms with Gasteiger partial charge in [-0.15, -0.1) is 6.58 Å². The Morgan fingerprint density at radius 2 is 1.91 bits per heavy atom. The Hall–Kier alpha value is -0.340. The van der Waals surface area contributed by atoms with Crippen molar-refractivity contribution in [3.63, 3.8) is 0 Å². The van der Waals surface area contributed by atoms with E-state index < -0.39 is 0 Å². The van der Waals surface area contributed by atoms with Crippen molar-refractivity contribution in [2.24, 2.45) is 0 Å². The second kappa shape index (κ2) is 6.38. The van der Waals surface area contributed by atoms with Crippen LogP contribution in [0.4, 0.5) is 0 Å². The first-order valence-electron chi connectivity index (χ1n) is 4.24. The monoisotopic (exact) mass is 156 g/mol. The molecule has 0 aromatic rings. The van der Waals surface area contributed by atoms with Crippen LogP contribution >= 0.6 is 0 Å². The third-order valence-electron chi connectivity index (χ3n) is 1.48. The van der Waals surface area contributed by atoms with E-state index >= 15 is 0 Å². The first kappa shape index (κ1) is 10.7. The molecule has 0 spiro atoms. The molecule has 0 aromatic carbocycles. The molecule has 1 unspecified atom stereocenters. The molecule has 0 radical (unpaired) electrons. The molecule has 2 heteroatoms. The molecular weight excluding hydrogens is 136 g/mol. The van der Waals surface area contributed by atoms with Crippen LogP contribution in [0.5, 0.6) is 0 Å². The van der Waals surface area contributed by atoms with E-state index in [2.05, 4.69) is 38.0 Å². The van der Waals surface area contributed by atoms with Crippen molar-refractivity contribution in [2.45, 2.75) is 39.3 Å². The van der Waals surface area contributed by atoms with Gasteiger partial charge in [0.15, 0.2) is 0 Å². The van der Waals surface area contributed by atoms with Crippen LogP contribution in [-0.4, -0.2) is 18.8 Å². The SMILES string of the molecule is C=CCC(C)NCNC(C)C. The largest absolute Gasteiger partial charge is 0.302 e. The molecule has 0 heterocycles. The van der Waals surface area contributed by atoms with Crippen molar-refractivity contribution in [3.8, 4) is 0 Å². The highest BCUT2D eigenvalue weighted by Gasteiger charge is 1.96. The van der Waals surface area contributed by atoms with E-state index in [1.807, 2.05) is 6.08 Å². The number of rotatable bonds is 6. The predicted octanol–water partition coefficient (Wildman–Crippen LogP) is 1.50. The first-order valence-corrected chi connectivity index (χ1v) is 4.24. The molecule has 0 aliphatic heterocycles. The minimum atomic E-state index is 0.527. The lowest BCUT2D eigenvalue weighted by molar-refractivity contribution is 0.475. The highest BCUT2D eigenvalue weighted by molar-refractivity contribution is 4.74. The van der Waals surface area contributed by atoms with Gasteiger partial charge in [0, 0.05) is 18.8 Å². The molecule has 0 amide bonds. The maximum absolute atomic E-state index is 3.68. The van der Waals surface area contributed by atoms with E-state index in [-0.39, 0.29) is 0 Å². The summed E-state index contributed by atoms with van der Waals surface area (Å²) in [6.45, 7) is 11.0. The molecule has 0 bridgehead atoms. The second-order valence-electron chi connectivity index (χ2n) is 3.17. The molecule has 66 valence electrons. The molecule has 0 aromatic heterocycles. The average molecular weight is 156 g/mol. The first-order chi connectivity index (χ1) is 5.16. The molecule has 0 saturated heterocycles. The summed E-state index contributed by atoms with van der Waals surface area (Å²) in [7, 11) is 0. The quantitative estimate of drug-likeness (QED) is 0.450. The van der Waals surface area contributed by atoms with Gasteiger partial charge in [0.2, 0.25) is 0 Å². The summed E-state index contributed by atoms with van der Waals surface area (Å²) < 4.78 is 0. The van der Waals surface area contributed by atoms with Crippen molar-refractivity contribution < 1.29 is 0 Å². The molecule has 11 heavy (non-hydrogen) atoms. The fraction of sp³-hybridized carbons (Fsp3) is 0.778. The summed E-state index contributed by atoms with van der Waals surface area (Å²) in [5, 5.41) is 6.62.